The number of aromatic nitrogens is 1. The fraction of sp³-hybridized carbons (Fsp3) is 0.333. The first-order valence-electron chi connectivity index (χ1n) is 6.79. The number of nitrogens with two attached hydrogens (primary N) is 1. The molecule has 6 nitrogen and oxygen atoms in total. The molecule has 1 aromatic heterocycles. The first kappa shape index (κ1) is 15.1. The zero-order chi connectivity index (χ0) is 15.2. The molecule has 0 unspecified atom stereocenters. The Morgan fingerprint density at radius 2 is 2.33 bits per heavy atom. The number of hydrogen-bond acceptors (Lipinski definition) is 5. The van der Waals surface area contributed by atoms with Crippen LogP contribution in [0.1, 0.15) is 19.8 Å². The summed E-state index contributed by atoms with van der Waals surface area (Å²) in [5.41, 5.74) is 7.19. The van der Waals surface area contributed by atoms with Crippen LogP contribution in [-0.2, 0) is 4.79 Å². The van der Waals surface area contributed by atoms with Gasteiger partial charge in [0.2, 0.25) is 5.91 Å². The Bertz CT molecular complexity index is 596. The van der Waals surface area contributed by atoms with Gasteiger partial charge in [-0.25, -0.2) is 4.98 Å². The van der Waals surface area contributed by atoms with Crippen LogP contribution in [0.5, 0.6) is 5.75 Å². The summed E-state index contributed by atoms with van der Waals surface area (Å²) in [7, 11) is 1.56. The van der Waals surface area contributed by atoms with Crippen LogP contribution >= 0.6 is 0 Å². The first-order chi connectivity index (χ1) is 10.2. The highest BCUT2D eigenvalue weighted by Crippen LogP contribution is 2.32. The van der Waals surface area contributed by atoms with Crippen molar-refractivity contribution in [2.45, 2.75) is 25.8 Å². The van der Waals surface area contributed by atoms with Crippen LogP contribution in [0.4, 0.5) is 5.69 Å². The number of methoxy groups -OCH3 is 1. The second-order valence-corrected chi connectivity index (χ2v) is 4.67. The molecule has 0 aliphatic rings. The van der Waals surface area contributed by atoms with Crippen LogP contribution in [0.25, 0.3) is 11.3 Å². The Morgan fingerprint density at radius 3 is 2.95 bits per heavy atom. The Kier molecular flexibility index (Phi) is 4.94. The first-order valence-corrected chi connectivity index (χ1v) is 6.79. The van der Waals surface area contributed by atoms with Crippen LogP contribution in [-0.4, -0.2) is 24.0 Å². The quantitative estimate of drug-likeness (QED) is 0.852. The highest BCUT2D eigenvalue weighted by molar-refractivity contribution is 5.95. The molecule has 1 amide bonds. The lowest BCUT2D eigenvalue weighted by Crippen LogP contribution is -2.35. The van der Waals surface area contributed by atoms with Crippen LogP contribution in [0, 0.1) is 0 Å². The van der Waals surface area contributed by atoms with E-state index in [2.05, 4.69) is 10.3 Å². The van der Waals surface area contributed by atoms with Crippen molar-refractivity contribution in [3.05, 3.63) is 30.8 Å². The standard InChI is InChI=1S/C15H19N3O3/c1-3-4-12(16)15(19)18-10-5-6-11(13(7-10)20-2)14-8-17-9-21-14/h5-9,12H,3-4,16H2,1-2H3,(H,18,19)/t12-/m1/s1. The summed E-state index contributed by atoms with van der Waals surface area (Å²) < 4.78 is 10.6. The van der Waals surface area contributed by atoms with Crippen molar-refractivity contribution >= 4 is 11.6 Å². The minimum absolute atomic E-state index is 0.202. The maximum absolute atomic E-state index is 11.9. The van der Waals surface area contributed by atoms with Gasteiger partial charge in [0.15, 0.2) is 12.2 Å². The molecule has 6 heteroatoms. The Morgan fingerprint density at radius 1 is 1.52 bits per heavy atom. The highest BCUT2D eigenvalue weighted by Gasteiger charge is 2.14. The molecule has 0 saturated carbocycles. The number of carbonyl (C=O) groups is 1. The van der Waals surface area contributed by atoms with Gasteiger partial charge in [0.25, 0.3) is 0 Å². The van der Waals surface area contributed by atoms with Crippen LogP contribution in [0.2, 0.25) is 0 Å². The fourth-order valence-electron chi connectivity index (χ4n) is 2.00. The molecule has 2 aromatic rings. The molecule has 0 aliphatic carbocycles. The zero-order valence-electron chi connectivity index (χ0n) is 12.1. The maximum Gasteiger partial charge on any atom is 0.241 e. The van der Waals surface area contributed by atoms with E-state index in [1.807, 2.05) is 6.92 Å². The number of carbonyl (C=O) groups excluding carboxylic acids is 1. The Hall–Kier alpha value is -2.34. The van der Waals surface area contributed by atoms with Gasteiger partial charge in [-0.15, -0.1) is 0 Å². The number of nitrogens with zero attached hydrogens (tertiary/aromatic N) is 1. The lowest BCUT2D eigenvalue weighted by atomic mass is 10.1. The van der Waals surface area contributed by atoms with Gasteiger partial charge in [-0.3, -0.25) is 4.79 Å². The second kappa shape index (κ2) is 6.90. The van der Waals surface area contributed by atoms with Crippen LogP contribution in [0.3, 0.4) is 0 Å². The van der Waals surface area contributed by atoms with Crippen molar-refractivity contribution in [1.29, 1.82) is 0 Å². The third-order valence-electron chi connectivity index (χ3n) is 3.10. The molecule has 0 bridgehead atoms. The molecular formula is C15H19N3O3. The van der Waals surface area contributed by atoms with E-state index in [9.17, 15) is 4.79 Å². The molecule has 0 saturated heterocycles. The van der Waals surface area contributed by atoms with Gasteiger partial charge in [-0.1, -0.05) is 13.3 Å². The average Bonchev–Trinajstić information content (AvgIpc) is 3.01. The van der Waals surface area contributed by atoms with Crippen molar-refractivity contribution in [1.82, 2.24) is 4.98 Å². The van der Waals surface area contributed by atoms with E-state index in [0.29, 0.717) is 23.6 Å². The van der Waals surface area contributed by atoms with E-state index in [4.69, 9.17) is 14.9 Å². The van der Waals surface area contributed by atoms with Crippen molar-refractivity contribution in [3.63, 3.8) is 0 Å². The molecule has 3 N–H and O–H groups in total. The largest absolute Gasteiger partial charge is 0.496 e. The molecule has 0 radical (unpaired) electrons. The number of oxazole rings is 1. The lowest BCUT2D eigenvalue weighted by Gasteiger charge is -2.13. The predicted molar refractivity (Wildman–Crippen MR) is 80.0 cm³/mol. The monoisotopic (exact) mass is 289 g/mol. The molecule has 112 valence electrons. The molecular weight excluding hydrogens is 270 g/mol. The predicted octanol–water partition coefficient (Wildman–Crippen LogP) is 2.42. The minimum atomic E-state index is -0.505. The summed E-state index contributed by atoms with van der Waals surface area (Å²) >= 11 is 0. The number of rotatable bonds is 6. The Balaban J connectivity index is 2.18. The van der Waals surface area contributed by atoms with Gasteiger partial charge in [0.05, 0.1) is 24.9 Å². The van der Waals surface area contributed by atoms with Crippen LogP contribution in [0.15, 0.2) is 35.2 Å². The molecule has 0 fully saturated rings. The molecule has 0 aliphatic heterocycles. The summed E-state index contributed by atoms with van der Waals surface area (Å²) in [6.07, 6.45) is 4.48. The summed E-state index contributed by atoms with van der Waals surface area (Å²) in [6.45, 7) is 1.99. The fourth-order valence-corrected chi connectivity index (χ4v) is 2.00. The summed E-state index contributed by atoms with van der Waals surface area (Å²) in [5.74, 6) is 0.993. The van der Waals surface area contributed by atoms with Gasteiger partial charge in [0, 0.05) is 11.8 Å². The van der Waals surface area contributed by atoms with Crippen molar-refractivity contribution in [3.8, 4) is 17.1 Å². The van der Waals surface area contributed by atoms with E-state index < -0.39 is 6.04 Å². The summed E-state index contributed by atoms with van der Waals surface area (Å²) in [6, 6.07) is 4.81. The number of amides is 1. The summed E-state index contributed by atoms with van der Waals surface area (Å²) in [4.78, 5) is 15.8. The second-order valence-electron chi connectivity index (χ2n) is 4.67. The van der Waals surface area contributed by atoms with E-state index in [-0.39, 0.29) is 5.91 Å². The lowest BCUT2D eigenvalue weighted by molar-refractivity contribution is -0.117. The van der Waals surface area contributed by atoms with Gasteiger partial charge in [-0.2, -0.15) is 0 Å². The third kappa shape index (κ3) is 3.61. The van der Waals surface area contributed by atoms with E-state index >= 15 is 0 Å². The number of hydrogen-bond donors (Lipinski definition) is 2. The SMILES string of the molecule is CCC[C@@H](N)C(=O)Nc1ccc(-c2cnco2)c(OC)c1. The van der Waals surface area contributed by atoms with Gasteiger partial charge in [0.1, 0.15) is 5.75 Å². The minimum Gasteiger partial charge on any atom is -0.496 e. The molecule has 0 spiro atoms. The number of anilines is 1. The molecule has 21 heavy (non-hydrogen) atoms. The summed E-state index contributed by atoms with van der Waals surface area (Å²) in [5, 5.41) is 2.78. The van der Waals surface area contributed by atoms with E-state index in [1.165, 1.54) is 6.39 Å². The average molecular weight is 289 g/mol. The maximum atomic E-state index is 11.9. The Labute approximate surface area is 123 Å². The molecule has 1 atom stereocenters. The van der Waals surface area contributed by atoms with Gasteiger partial charge < -0.3 is 20.2 Å². The zero-order valence-corrected chi connectivity index (χ0v) is 12.1. The van der Waals surface area contributed by atoms with Crippen molar-refractivity contribution in [2.75, 3.05) is 12.4 Å². The smallest absolute Gasteiger partial charge is 0.241 e. The topological polar surface area (TPSA) is 90.4 Å². The van der Waals surface area contributed by atoms with Gasteiger partial charge in [-0.05, 0) is 18.6 Å². The highest BCUT2D eigenvalue weighted by atomic mass is 16.5. The third-order valence-corrected chi connectivity index (χ3v) is 3.10. The number of benzene rings is 1. The van der Waals surface area contributed by atoms with Crippen LogP contribution < -0.4 is 15.8 Å². The van der Waals surface area contributed by atoms with Gasteiger partial charge >= 0.3 is 0 Å². The number of ether oxygens (including phenoxy) is 1. The van der Waals surface area contributed by atoms with E-state index in [1.54, 1.807) is 31.5 Å². The van der Waals surface area contributed by atoms with Crippen molar-refractivity contribution < 1.29 is 13.9 Å². The number of nitrogens with one attached hydrogen (secondary N) is 1. The molecule has 1 aromatic carbocycles. The molecule has 2 rings (SSSR count). The van der Waals surface area contributed by atoms with Crippen molar-refractivity contribution in [2.24, 2.45) is 5.73 Å². The molecule has 1 heterocycles. The normalized spacial score (nSPS) is 12.0. The van der Waals surface area contributed by atoms with E-state index in [0.717, 1.165) is 12.0 Å².